The van der Waals surface area contributed by atoms with Crippen LogP contribution in [0, 0.1) is 6.92 Å². The summed E-state index contributed by atoms with van der Waals surface area (Å²) in [7, 11) is 2.41. The topological polar surface area (TPSA) is 85.4 Å². The van der Waals surface area contributed by atoms with Gasteiger partial charge in [0, 0.05) is 20.1 Å². The molecule has 0 fully saturated rings. The smallest absolute Gasteiger partial charge is 0.243 e. The molecule has 0 aromatic heterocycles. The average molecular weight is 451 g/mol. The zero-order valence-corrected chi connectivity index (χ0v) is 19.7. The standard InChI is InChI=1S/C22H30N2O6S/c1-7-24(31(26,27)18-10-8-16(2)9-11-18)15-21(25)23(3)14-17-12-19(28-4)22(30-6)20(13-17)29-5/h8-13H,7,14-15H2,1-6H3. The highest BCUT2D eigenvalue weighted by atomic mass is 32.2. The lowest BCUT2D eigenvalue weighted by Crippen LogP contribution is -2.41. The molecule has 0 aliphatic heterocycles. The maximum atomic E-state index is 12.9. The first-order valence-corrected chi connectivity index (χ1v) is 11.2. The molecule has 0 bridgehead atoms. The van der Waals surface area contributed by atoms with Gasteiger partial charge in [0.25, 0.3) is 0 Å². The Morgan fingerprint density at radius 2 is 1.52 bits per heavy atom. The first-order chi connectivity index (χ1) is 14.7. The molecule has 2 aromatic carbocycles. The Hall–Kier alpha value is -2.78. The molecular formula is C22H30N2O6S. The maximum absolute atomic E-state index is 12.9. The minimum atomic E-state index is -3.77. The Morgan fingerprint density at radius 1 is 0.968 bits per heavy atom. The number of amides is 1. The van der Waals surface area contributed by atoms with Crippen molar-refractivity contribution in [3.63, 3.8) is 0 Å². The van der Waals surface area contributed by atoms with Crippen LogP contribution in [-0.2, 0) is 21.4 Å². The SMILES string of the molecule is CCN(CC(=O)N(C)Cc1cc(OC)c(OC)c(OC)c1)S(=O)(=O)c1ccc(C)cc1. The number of methoxy groups -OCH3 is 3. The van der Waals surface area contributed by atoms with Crippen molar-refractivity contribution in [3.8, 4) is 17.2 Å². The summed E-state index contributed by atoms with van der Waals surface area (Å²) >= 11 is 0. The van der Waals surface area contributed by atoms with Gasteiger partial charge in [-0.05, 0) is 36.8 Å². The Labute approximate surface area is 184 Å². The molecule has 31 heavy (non-hydrogen) atoms. The second-order valence-electron chi connectivity index (χ2n) is 7.03. The fourth-order valence-electron chi connectivity index (χ4n) is 3.09. The molecule has 0 atom stereocenters. The summed E-state index contributed by atoms with van der Waals surface area (Å²) in [4.78, 5) is 14.4. The fourth-order valence-corrected chi connectivity index (χ4v) is 4.48. The minimum Gasteiger partial charge on any atom is -0.493 e. The Morgan fingerprint density at radius 3 is 1.97 bits per heavy atom. The van der Waals surface area contributed by atoms with E-state index in [1.807, 2.05) is 6.92 Å². The van der Waals surface area contributed by atoms with Crippen LogP contribution in [0.1, 0.15) is 18.1 Å². The Kier molecular flexibility index (Phi) is 8.29. The second-order valence-corrected chi connectivity index (χ2v) is 8.97. The lowest BCUT2D eigenvalue weighted by atomic mass is 10.1. The van der Waals surface area contributed by atoms with Crippen molar-refractivity contribution in [1.29, 1.82) is 0 Å². The zero-order valence-electron chi connectivity index (χ0n) is 18.8. The largest absolute Gasteiger partial charge is 0.493 e. The number of benzene rings is 2. The van der Waals surface area contributed by atoms with Crippen LogP contribution >= 0.6 is 0 Å². The van der Waals surface area contributed by atoms with Crippen molar-refractivity contribution in [2.45, 2.75) is 25.3 Å². The van der Waals surface area contributed by atoms with Gasteiger partial charge in [-0.2, -0.15) is 4.31 Å². The van der Waals surface area contributed by atoms with E-state index in [9.17, 15) is 13.2 Å². The lowest BCUT2D eigenvalue weighted by molar-refractivity contribution is -0.130. The van der Waals surface area contributed by atoms with Crippen molar-refractivity contribution in [1.82, 2.24) is 9.21 Å². The van der Waals surface area contributed by atoms with Crippen LogP contribution in [-0.4, -0.2) is 65.0 Å². The van der Waals surface area contributed by atoms with Crippen LogP contribution in [0.4, 0.5) is 0 Å². The molecule has 0 N–H and O–H groups in total. The molecule has 0 spiro atoms. The molecule has 0 unspecified atom stereocenters. The van der Waals surface area contributed by atoms with Crippen LogP contribution in [0.15, 0.2) is 41.3 Å². The Balaban J connectivity index is 2.18. The van der Waals surface area contributed by atoms with E-state index >= 15 is 0 Å². The zero-order chi connectivity index (χ0) is 23.2. The predicted molar refractivity (Wildman–Crippen MR) is 118 cm³/mol. The van der Waals surface area contributed by atoms with E-state index in [1.54, 1.807) is 50.4 Å². The molecule has 0 aliphatic carbocycles. The molecule has 2 rings (SSSR count). The summed E-state index contributed by atoms with van der Waals surface area (Å²) < 4.78 is 43.1. The van der Waals surface area contributed by atoms with Gasteiger partial charge >= 0.3 is 0 Å². The van der Waals surface area contributed by atoms with Crippen LogP contribution in [0.2, 0.25) is 0 Å². The van der Waals surface area contributed by atoms with E-state index in [0.29, 0.717) is 17.2 Å². The predicted octanol–water partition coefficient (Wildman–Crippen LogP) is 2.69. The quantitative estimate of drug-likeness (QED) is 0.553. The van der Waals surface area contributed by atoms with Crippen molar-refractivity contribution >= 4 is 15.9 Å². The van der Waals surface area contributed by atoms with Gasteiger partial charge in [-0.1, -0.05) is 24.6 Å². The first kappa shape index (κ1) is 24.5. The summed E-state index contributed by atoms with van der Waals surface area (Å²) in [6, 6.07) is 10.1. The number of ether oxygens (including phenoxy) is 3. The number of aryl methyl sites for hydroxylation is 1. The third-order valence-electron chi connectivity index (χ3n) is 4.89. The minimum absolute atomic E-state index is 0.167. The normalized spacial score (nSPS) is 11.3. The molecule has 8 nitrogen and oxygen atoms in total. The number of carbonyl (C=O) groups is 1. The van der Waals surface area contributed by atoms with Crippen LogP contribution < -0.4 is 14.2 Å². The van der Waals surface area contributed by atoms with Gasteiger partial charge in [0.2, 0.25) is 21.7 Å². The number of carbonyl (C=O) groups excluding carboxylic acids is 1. The van der Waals surface area contributed by atoms with Gasteiger partial charge in [0.15, 0.2) is 11.5 Å². The summed E-state index contributed by atoms with van der Waals surface area (Å²) in [5.74, 6) is 1.10. The highest BCUT2D eigenvalue weighted by molar-refractivity contribution is 7.89. The Bertz CT molecular complexity index is 980. The number of hydrogen-bond donors (Lipinski definition) is 0. The monoisotopic (exact) mass is 450 g/mol. The van der Waals surface area contributed by atoms with Gasteiger partial charge in [0.05, 0.1) is 32.8 Å². The van der Waals surface area contributed by atoms with Crippen LogP contribution in [0.5, 0.6) is 17.2 Å². The van der Waals surface area contributed by atoms with Gasteiger partial charge < -0.3 is 19.1 Å². The molecule has 2 aromatic rings. The van der Waals surface area contributed by atoms with E-state index in [4.69, 9.17) is 14.2 Å². The van der Waals surface area contributed by atoms with Crippen molar-refractivity contribution in [2.24, 2.45) is 0 Å². The molecule has 0 saturated carbocycles. The van der Waals surface area contributed by atoms with E-state index < -0.39 is 10.0 Å². The molecule has 9 heteroatoms. The van der Waals surface area contributed by atoms with Gasteiger partial charge in [0.1, 0.15) is 0 Å². The highest BCUT2D eigenvalue weighted by Crippen LogP contribution is 2.38. The van der Waals surface area contributed by atoms with E-state index in [1.165, 1.54) is 30.5 Å². The molecule has 0 heterocycles. The van der Waals surface area contributed by atoms with E-state index in [-0.39, 0.29) is 30.4 Å². The summed E-state index contributed by atoms with van der Waals surface area (Å²) in [6.07, 6.45) is 0. The van der Waals surface area contributed by atoms with Gasteiger partial charge in [-0.3, -0.25) is 4.79 Å². The van der Waals surface area contributed by atoms with Crippen molar-refractivity contribution < 1.29 is 27.4 Å². The number of rotatable bonds is 10. The lowest BCUT2D eigenvalue weighted by Gasteiger charge is -2.24. The third-order valence-corrected chi connectivity index (χ3v) is 6.83. The maximum Gasteiger partial charge on any atom is 0.243 e. The highest BCUT2D eigenvalue weighted by Gasteiger charge is 2.26. The third kappa shape index (κ3) is 5.68. The van der Waals surface area contributed by atoms with Crippen molar-refractivity contribution in [3.05, 3.63) is 47.5 Å². The summed E-state index contributed by atoms with van der Waals surface area (Å²) in [5.41, 5.74) is 1.72. The average Bonchev–Trinajstić information content (AvgIpc) is 2.76. The van der Waals surface area contributed by atoms with E-state index in [0.717, 1.165) is 11.1 Å². The molecule has 170 valence electrons. The van der Waals surface area contributed by atoms with Gasteiger partial charge in [-0.25, -0.2) is 8.42 Å². The first-order valence-electron chi connectivity index (χ1n) is 9.77. The number of nitrogens with zero attached hydrogens (tertiary/aromatic N) is 2. The van der Waals surface area contributed by atoms with Crippen LogP contribution in [0.25, 0.3) is 0 Å². The molecule has 1 amide bonds. The molecule has 0 saturated heterocycles. The molecule has 0 aliphatic rings. The van der Waals surface area contributed by atoms with Gasteiger partial charge in [-0.15, -0.1) is 0 Å². The van der Waals surface area contributed by atoms with Crippen molar-refractivity contribution in [2.75, 3.05) is 41.5 Å². The molecular weight excluding hydrogens is 420 g/mol. The van der Waals surface area contributed by atoms with E-state index in [2.05, 4.69) is 0 Å². The summed E-state index contributed by atoms with van der Waals surface area (Å²) in [5, 5.41) is 0. The number of hydrogen-bond acceptors (Lipinski definition) is 6. The number of sulfonamides is 1. The fraction of sp³-hybridized carbons (Fsp3) is 0.409. The number of likely N-dealkylation sites (N-methyl/N-ethyl adjacent to an activating group) is 2. The second kappa shape index (κ2) is 10.5. The van der Waals surface area contributed by atoms with Crippen LogP contribution in [0.3, 0.4) is 0 Å². The molecule has 0 radical (unpaired) electrons. The summed E-state index contributed by atoms with van der Waals surface area (Å²) in [6.45, 7) is 3.76.